The maximum Gasteiger partial charge on any atom is 0.261 e. The number of nitrogens with zero attached hydrogens (tertiary/aromatic N) is 2. The van der Waals surface area contributed by atoms with E-state index in [1.54, 1.807) is 18.2 Å². The molecule has 5 aromatic rings. The third kappa shape index (κ3) is 4.01. The van der Waals surface area contributed by atoms with Crippen molar-refractivity contribution in [2.75, 3.05) is 5.32 Å². The van der Waals surface area contributed by atoms with Gasteiger partial charge in [0.05, 0.1) is 22.5 Å². The third-order valence-corrected chi connectivity index (χ3v) is 6.32. The van der Waals surface area contributed by atoms with Gasteiger partial charge in [-0.25, -0.2) is 4.98 Å². The number of para-hydroxylation sites is 2. The van der Waals surface area contributed by atoms with Crippen molar-refractivity contribution in [1.29, 1.82) is 0 Å². The number of rotatable bonds is 6. The second-order valence-corrected chi connectivity index (χ2v) is 8.61. The zero-order valence-corrected chi connectivity index (χ0v) is 19.2. The van der Waals surface area contributed by atoms with Crippen LogP contribution < -0.4 is 10.1 Å². The van der Waals surface area contributed by atoms with E-state index in [4.69, 9.17) is 9.26 Å². The van der Waals surface area contributed by atoms with E-state index < -0.39 is 0 Å². The van der Waals surface area contributed by atoms with Gasteiger partial charge in [0, 0.05) is 27.5 Å². The van der Waals surface area contributed by atoms with E-state index in [9.17, 15) is 4.79 Å². The first kappa shape index (κ1) is 21.0. The molecular weight excluding hydrogens is 436 g/mol. The summed E-state index contributed by atoms with van der Waals surface area (Å²) in [6.07, 6.45) is 0. The fourth-order valence-electron chi connectivity index (χ4n) is 3.86. The van der Waals surface area contributed by atoms with Crippen molar-refractivity contribution in [2.45, 2.75) is 27.4 Å². The summed E-state index contributed by atoms with van der Waals surface area (Å²) in [5, 5.41) is 10.5. The van der Waals surface area contributed by atoms with Gasteiger partial charge < -0.3 is 14.2 Å². The van der Waals surface area contributed by atoms with Gasteiger partial charge in [-0.05, 0) is 39.0 Å². The summed E-state index contributed by atoms with van der Waals surface area (Å²) in [5.74, 6) is 0.914. The lowest BCUT2D eigenvalue weighted by Crippen LogP contribution is -2.13. The first-order valence-electron chi connectivity index (χ1n) is 10.5. The number of fused-ring (bicyclic) bond motifs is 1. The maximum atomic E-state index is 13.0. The van der Waals surface area contributed by atoms with Crippen molar-refractivity contribution in [2.24, 2.45) is 0 Å². The Kier molecular flexibility index (Phi) is 5.43. The maximum absolute atomic E-state index is 13.0. The number of hydrogen-bond donors (Lipinski definition) is 2. The number of aromatic nitrogens is 3. The van der Waals surface area contributed by atoms with E-state index in [-0.39, 0.29) is 12.5 Å². The summed E-state index contributed by atoms with van der Waals surface area (Å²) in [4.78, 5) is 21.1. The molecule has 8 heteroatoms. The van der Waals surface area contributed by atoms with Gasteiger partial charge >= 0.3 is 0 Å². The van der Waals surface area contributed by atoms with E-state index in [0.29, 0.717) is 22.2 Å². The molecule has 166 valence electrons. The quantitative estimate of drug-likeness (QED) is 0.324. The fraction of sp³-hybridized carbons (Fsp3) is 0.160. The van der Waals surface area contributed by atoms with E-state index in [2.05, 4.69) is 26.5 Å². The van der Waals surface area contributed by atoms with Gasteiger partial charge in [0.15, 0.2) is 5.13 Å². The Labute approximate surface area is 194 Å². The van der Waals surface area contributed by atoms with Crippen LogP contribution in [0.2, 0.25) is 0 Å². The highest BCUT2D eigenvalue weighted by atomic mass is 32.1. The Bertz CT molecular complexity index is 1440. The second-order valence-electron chi connectivity index (χ2n) is 7.75. The van der Waals surface area contributed by atoms with Crippen LogP contribution in [0.5, 0.6) is 5.75 Å². The molecule has 33 heavy (non-hydrogen) atoms. The molecule has 3 aromatic heterocycles. The summed E-state index contributed by atoms with van der Waals surface area (Å²) < 4.78 is 11.1. The normalized spacial score (nSPS) is 11.1. The number of nitrogens with one attached hydrogen (secondary N) is 2. The van der Waals surface area contributed by atoms with Crippen molar-refractivity contribution in [1.82, 2.24) is 15.1 Å². The number of amides is 1. The van der Waals surface area contributed by atoms with E-state index in [1.807, 2.05) is 50.4 Å². The van der Waals surface area contributed by atoms with Crippen LogP contribution >= 0.6 is 11.3 Å². The summed E-state index contributed by atoms with van der Waals surface area (Å²) in [5.41, 5.74) is 6.06. The highest BCUT2D eigenvalue weighted by molar-refractivity contribution is 7.14. The lowest BCUT2D eigenvalue weighted by molar-refractivity contribution is 0.102. The molecule has 0 radical (unpaired) electrons. The Morgan fingerprint density at radius 3 is 2.73 bits per heavy atom. The highest BCUT2D eigenvalue weighted by Gasteiger charge is 2.18. The SMILES string of the molecule is Cc1noc(C)c1COc1ccccc1C(=O)Nc1nc(-c2c(C)[nH]c3ccccc23)cs1. The molecule has 0 spiro atoms. The van der Waals surface area contributed by atoms with Crippen LogP contribution in [-0.2, 0) is 6.61 Å². The molecule has 0 aliphatic heterocycles. The Morgan fingerprint density at radius 1 is 1.12 bits per heavy atom. The number of thiazole rings is 1. The molecule has 0 fully saturated rings. The van der Waals surface area contributed by atoms with Gasteiger partial charge in [0.2, 0.25) is 0 Å². The van der Waals surface area contributed by atoms with E-state index in [0.717, 1.165) is 39.1 Å². The minimum absolute atomic E-state index is 0.271. The standard InChI is InChI=1S/C25H22N4O3S/c1-14-19(16(3)32-29-14)12-31-22-11-7-5-9-18(22)24(30)28-25-27-21(13-33-25)23-15(2)26-20-10-6-4-8-17(20)23/h4-11,13,26H,12H2,1-3H3,(H,27,28,30). The molecule has 2 aromatic carbocycles. The molecule has 3 heterocycles. The molecule has 5 rings (SSSR count). The molecule has 0 atom stereocenters. The second kappa shape index (κ2) is 8.55. The summed E-state index contributed by atoms with van der Waals surface area (Å²) in [6, 6.07) is 15.3. The Hall–Kier alpha value is -3.91. The molecule has 7 nitrogen and oxygen atoms in total. The lowest BCUT2D eigenvalue weighted by atomic mass is 10.1. The first-order valence-corrected chi connectivity index (χ1v) is 11.4. The average Bonchev–Trinajstić information content (AvgIpc) is 3.49. The van der Waals surface area contributed by atoms with Gasteiger partial charge in [0.1, 0.15) is 18.1 Å². The van der Waals surface area contributed by atoms with Crippen LogP contribution in [0.3, 0.4) is 0 Å². The Morgan fingerprint density at radius 2 is 1.91 bits per heavy atom. The molecule has 0 saturated heterocycles. The van der Waals surface area contributed by atoms with E-state index >= 15 is 0 Å². The van der Waals surface area contributed by atoms with Gasteiger partial charge in [-0.1, -0.05) is 35.5 Å². The van der Waals surface area contributed by atoms with Gasteiger partial charge in [-0.15, -0.1) is 11.3 Å². The largest absolute Gasteiger partial charge is 0.488 e. The zero-order valence-electron chi connectivity index (χ0n) is 18.4. The van der Waals surface area contributed by atoms with Crippen molar-refractivity contribution < 1.29 is 14.1 Å². The highest BCUT2D eigenvalue weighted by Crippen LogP contribution is 2.34. The van der Waals surface area contributed by atoms with Crippen LogP contribution in [0.1, 0.15) is 33.1 Å². The van der Waals surface area contributed by atoms with Gasteiger partial charge in [-0.2, -0.15) is 0 Å². The average molecular weight is 459 g/mol. The number of carbonyl (C=O) groups is 1. The topological polar surface area (TPSA) is 93.0 Å². The number of carbonyl (C=O) groups excluding carboxylic acids is 1. The fourth-order valence-corrected chi connectivity index (χ4v) is 4.55. The van der Waals surface area contributed by atoms with Crippen molar-refractivity contribution in [3.63, 3.8) is 0 Å². The number of benzene rings is 2. The monoisotopic (exact) mass is 458 g/mol. The minimum Gasteiger partial charge on any atom is -0.488 e. The number of aryl methyl sites for hydroxylation is 3. The lowest BCUT2D eigenvalue weighted by Gasteiger charge is -2.10. The minimum atomic E-state index is -0.277. The zero-order chi connectivity index (χ0) is 22.9. The summed E-state index contributed by atoms with van der Waals surface area (Å²) >= 11 is 1.39. The van der Waals surface area contributed by atoms with Crippen LogP contribution in [0.15, 0.2) is 58.4 Å². The predicted molar refractivity (Wildman–Crippen MR) is 129 cm³/mol. The smallest absolute Gasteiger partial charge is 0.261 e. The molecule has 0 bridgehead atoms. The van der Waals surface area contributed by atoms with Gasteiger partial charge in [-0.3, -0.25) is 10.1 Å². The van der Waals surface area contributed by atoms with Crippen molar-refractivity contribution in [3.05, 3.63) is 82.2 Å². The number of ether oxygens (including phenoxy) is 1. The molecule has 0 aliphatic carbocycles. The number of anilines is 1. The molecule has 0 saturated carbocycles. The van der Waals surface area contributed by atoms with Crippen molar-refractivity contribution in [3.8, 4) is 17.0 Å². The molecule has 0 unspecified atom stereocenters. The van der Waals surface area contributed by atoms with E-state index in [1.165, 1.54) is 11.3 Å². The van der Waals surface area contributed by atoms with Crippen LogP contribution in [0.4, 0.5) is 5.13 Å². The predicted octanol–water partition coefficient (Wildman–Crippen LogP) is 6.04. The van der Waals surface area contributed by atoms with Crippen LogP contribution in [0, 0.1) is 20.8 Å². The summed E-state index contributed by atoms with van der Waals surface area (Å²) in [7, 11) is 0. The molecule has 1 amide bonds. The Balaban J connectivity index is 1.36. The van der Waals surface area contributed by atoms with Gasteiger partial charge in [0.25, 0.3) is 5.91 Å². The van der Waals surface area contributed by atoms with Crippen molar-refractivity contribution >= 4 is 33.3 Å². The molecule has 0 aliphatic rings. The first-order chi connectivity index (χ1) is 16.0. The molecule has 2 N–H and O–H groups in total. The molecular formula is C25H22N4O3S. The number of hydrogen-bond acceptors (Lipinski definition) is 6. The van der Waals surface area contributed by atoms with Crippen LogP contribution in [0.25, 0.3) is 22.2 Å². The number of aromatic amines is 1. The third-order valence-electron chi connectivity index (χ3n) is 5.56. The summed E-state index contributed by atoms with van der Waals surface area (Å²) in [6.45, 7) is 6.00. The number of H-pyrrole nitrogens is 1. The van der Waals surface area contributed by atoms with Crippen LogP contribution in [-0.4, -0.2) is 21.0 Å².